The van der Waals surface area contributed by atoms with E-state index < -0.39 is 18.0 Å². The molecule has 0 bridgehead atoms. The number of benzene rings is 2. The Morgan fingerprint density at radius 1 is 1.21 bits per heavy atom. The summed E-state index contributed by atoms with van der Waals surface area (Å²) in [7, 11) is 0. The third-order valence-corrected chi connectivity index (χ3v) is 6.53. The summed E-state index contributed by atoms with van der Waals surface area (Å²) >= 11 is 9.00. The van der Waals surface area contributed by atoms with Crippen LogP contribution in [-0.2, 0) is 9.53 Å². The van der Waals surface area contributed by atoms with E-state index in [4.69, 9.17) is 17.0 Å². The van der Waals surface area contributed by atoms with Crippen LogP contribution in [0.5, 0.6) is 0 Å². The van der Waals surface area contributed by atoms with Crippen LogP contribution in [0.3, 0.4) is 0 Å². The molecule has 0 saturated carbocycles. The van der Waals surface area contributed by atoms with Crippen LogP contribution in [0.15, 0.2) is 46.9 Å². The van der Waals surface area contributed by atoms with Gasteiger partial charge in [0.15, 0.2) is 5.11 Å². The minimum Gasteiger partial charge on any atom is -0.442 e. The van der Waals surface area contributed by atoms with E-state index in [-0.39, 0.29) is 19.0 Å². The zero-order valence-electron chi connectivity index (χ0n) is 18.6. The maximum atomic E-state index is 15.0. The lowest BCUT2D eigenvalue weighted by Crippen LogP contribution is -2.50. The van der Waals surface area contributed by atoms with Crippen LogP contribution in [0, 0.1) is 5.82 Å². The molecule has 0 radical (unpaired) electrons. The number of piperazine rings is 1. The maximum Gasteiger partial charge on any atom is 0.414 e. The van der Waals surface area contributed by atoms with Crippen LogP contribution >= 0.6 is 28.1 Å². The number of amides is 2. The van der Waals surface area contributed by atoms with Crippen LogP contribution in [0.4, 0.5) is 26.2 Å². The smallest absolute Gasteiger partial charge is 0.414 e. The largest absolute Gasteiger partial charge is 0.442 e. The lowest BCUT2D eigenvalue weighted by Gasteiger charge is -2.37. The van der Waals surface area contributed by atoms with Crippen molar-refractivity contribution in [3.63, 3.8) is 0 Å². The van der Waals surface area contributed by atoms with E-state index in [1.54, 1.807) is 12.1 Å². The fourth-order valence-electron chi connectivity index (χ4n) is 3.94. The molecule has 11 heteroatoms. The molecule has 1 atom stereocenters. The molecular formula is C23H25BrFN5O3S. The second-order valence-corrected chi connectivity index (χ2v) is 9.41. The Morgan fingerprint density at radius 2 is 1.97 bits per heavy atom. The normalized spacial score (nSPS) is 18.0. The quantitative estimate of drug-likeness (QED) is 0.552. The number of hydrogen-bond donors (Lipinski definition) is 2. The van der Waals surface area contributed by atoms with E-state index in [1.807, 2.05) is 29.2 Å². The molecule has 2 saturated heterocycles. The Hall–Kier alpha value is -2.92. The minimum atomic E-state index is -0.553. The van der Waals surface area contributed by atoms with Gasteiger partial charge in [-0.05, 0) is 48.6 Å². The number of rotatable bonds is 5. The predicted molar refractivity (Wildman–Crippen MR) is 137 cm³/mol. The number of hydrogen-bond acceptors (Lipinski definition) is 5. The summed E-state index contributed by atoms with van der Waals surface area (Å²) in [6, 6.07) is 12.5. The van der Waals surface area contributed by atoms with Crippen LogP contribution in [0.25, 0.3) is 0 Å². The topological polar surface area (TPSA) is 77.2 Å². The number of anilines is 3. The Morgan fingerprint density at radius 3 is 2.65 bits per heavy atom. The Bertz CT molecular complexity index is 1100. The molecule has 8 nitrogen and oxygen atoms in total. The van der Waals surface area contributed by atoms with Gasteiger partial charge in [0.1, 0.15) is 11.9 Å². The van der Waals surface area contributed by atoms with E-state index in [0.717, 1.165) is 10.2 Å². The van der Waals surface area contributed by atoms with E-state index in [9.17, 15) is 9.59 Å². The molecule has 2 amide bonds. The molecule has 2 fully saturated rings. The third kappa shape index (κ3) is 5.76. The molecule has 0 unspecified atom stereocenters. The van der Waals surface area contributed by atoms with Gasteiger partial charge < -0.3 is 25.2 Å². The number of nitrogens with one attached hydrogen (secondary N) is 2. The van der Waals surface area contributed by atoms with Crippen molar-refractivity contribution in [2.24, 2.45) is 0 Å². The summed E-state index contributed by atoms with van der Waals surface area (Å²) in [5.74, 6) is -0.603. The number of carbonyl (C=O) groups is 2. The molecule has 2 aliphatic heterocycles. The van der Waals surface area contributed by atoms with Crippen LogP contribution in [0.2, 0.25) is 0 Å². The second-order valence-electron chi connectivity index (χ2n) is 8.10. The van der Waals surface area contributed by atoms with Gasteiger partial charge in [0.2, 0.25) is 5.91 Å². The van der Waals surface area contributed by atoms with Crippen molar-refractivity contribution < 1.29 is 18.7 Å². The average Bonchev–Trinajstić information content (AvgIpc) is 3.18. The summed E-state index contributed by atoms with van der Waals surface area (Å²) in [6.45, 7) is 4.41. The number of halogens is 2. The van der Waals surface area contributed by atoms with Crippen molar-refractivity contribution >= 4 is 62.3 Å². The summed E-state index contributed by atoms with van der Waals surface area (Å²) < 4.78 is 21.2. The monoisotopic (exact) mass is 549 g/mol. The molecule has 2 aliphatic rings. The first-order valence-electron chi connectivity index (χ1n) is 10.9. The Labute approximate surface area is 211 Å². The van der Waals surface area contributed by atoms with Crippen LogP contribution in [-0.4, -0.2) is 67.4 Å². The van der Waals surface area contributed by atoms with Gasteiger partial charge in [-0.1, -0.05) is 22.0 Å². The zero-order valence-corrected chi connectivity index (χ0v) is 21.0. The SMILES string of the molecule is CC(=O)NC[C@H]1CN(c2ccc(N3CCN(C(=S)Nc4cccc(Br)c4)CC3)c(F)c2)C(=O)O1. The fraction of sp³-hybridized carbons (Fsp3) is 0.348. The van der Waals surface area contributed by atoms with Gasteiger partial charge in [-0.15, -0.1) is 0 Å². The lowest BCUT2D eigenvalue weighted by molar-refractivity contribution is -0.119. The number of nitrogens with zero attached hydrogens (tertiary/aromatic N) is 3. The van der Waals surface area contributed by atoms with Gasteiger partial charge >= 0.3 is 6.09 Å². The highest BCUT2D eigenvalue weighted by atomic mass is 79.9. The first-order chi connectivity index (χ1) is 16.3. The molecule has 34 heavy (non-hydrogen) atoms. The van der Waals surface area contributed by atoms with Gasteiger partial charge in [0.25, 0.3) is 0 Å². The van der Waals surface area contributed by atoms with Gasteiger partial charge in [0, 0.05) is 43.3 Å². The van der Waals surface area contributed by atoms with Crippen LogP contribution in [0.1, 0.15) is 6.92 Å². The maximum absolute atomic E-state index is 15.0. The van der Waals surface area contributed by atoms with Crippen molar-refractivity contribution in [3.8, 4) is 0 Å². The molecule has 180 valence electrons. The zero-order chi connectivity index (χ0) is 24.2. The van der Waals surface area contributed by atoms with Crippen molar-refractivity contribution in [1.29, 1.82) is 0 Å². The fourth-order valence-corrected chi connectivity index (χ4v) is 4.64. The highest BCUT2D eigenvalue weighted by Crippen LogP contribution is 2.28. The van der Waals surface area contributed by atoms with Gasteiger partial charge in [-0.25, -0.2) is 9.18 Å². The van der Waals surface area contributed by atoms with E-state index in [1.165, 1.54) is 17.9 Å². The highest BCUT2D eigenvalue weighted by molar-refractivity contribution is 9.10. The van der Waals surface area contributed by atoms with E-state index in [0.29, 0.717) is 42.7 Å². The first-order valence-corrected chi connectivity index (χ1v) is 12.1. The number of thiocarbonyl (C=S) groups is 1. The Balaban J connectivity index is 1.34. The highest BCUT2D eigenvalue weighted by Gasteiger charge is 2.33. The van der Waals surface area contributed by atoms with Gasteiger partial charge in [-0.2, -0.15) is 0 Å². The van der Waals surface area contributed by atoms with E-state index in [2.05, 4.69) is 31.5 Å². The lowest BCUT2D eigenvalue weighted by atomic mass is 10.2. The summed E-state index contributed by atoms with van der Waals surface area (Å²) in [6.07, 6.45) is -1.02. The van der Waals surface area contributed by atoms with Gasteiger partial charge in [-0.3, -0.25) is 9.69 Å². The summed E-state index contributed by atoms with van der Waals surface area (Å²) in [5.41, 5.74) is 1.81. The molecular weight excluding hydrogens is 525 g/mol. The molecule has 0 aromatic heterocycles. The Kier molecular flexibility index (Phi) is 7.52. The third-order valence-electron chi connectivity index (χ3n) is 5.68. The van der Waals surface area contributed by atoms with Crippen molar-refractivity contribution in [2.75, 3.05) is 54.4 Å². The van der Waals surface area contributed by atoms with Crippen LogP contribution < -0.4 is 20.4 Å². The molecule has 2 aromatic carbocycles. The predicted octanol–water partition coefficient (Wildman–Crippen LogP) is 3.57. The number of ether oxygens (including phenoxy) is 1. The number of cyclic esters (lactones) is 1. The van der Waals surface area contributed by atoms with Gasteiger partial charge in [0.05, 0.1) is 24.5 Å². The molecule has 2 heterocycles. The van der Waals surface area contributed by atoms with Crippen molar-refractivity contribution in [1.82, 2.24) is 10.2 Å². The summed E-state index contributed by atoms with van der Waals surface area (Å²) in [4.78, 5) is 28.7. The summed E-state index contributed by atoms with van der Waals surface area (Å²) in [5, 5.41) is 6.50. The first kappa shape index (κ1) is 24.2. The molecule has 0 spiro atoms. The van der Waals surface area contributed by atoms with E-state index >= 15 is 4.39 Å². The average molecular weight is 550 g/mol. The standard InChI is InChI=1S/C23H25BrFN5O3S/c1-15(31)26-13-19-14-30(23(32)33-19)18-5-6-21(20(25)12-18)28-7-9-29(10-8-28)22(34)27-17-4-2-3-16(24)11-17/h2-6,11-12,19H,7-10,13-14H2,1H3,(H,26,31)(H,27,34)/t19-/m0/s1. The van der Waals surface area contributed by atoms with Crippen molar-refractivity contribution in [3.05, 3.63) is 52.8 Å². The second kappa shape index (κ2) is 10.6. The molecule has 0 aliphatic carbocycles. The molecule has 2 N–H and O–H groups in total. The number of carbonyl (C=O) groups excluding carboxylic acids is 2. The minimum absolute atomic E-state index is 0.199. The van der Waals surface area contributed by atoms with Crippen molar-refractivity contribution in [2.45, 2.75) is 13.0 Å². The molecule has 2 aromatic rings. The molecule has 4 rings (SSSR count).